The van der Waals surface area contributed by atoms with Crippen molar-refractivity contribution >= 4 is 28.7 Å². The third kappa shape index (κ3) is 5.80. The second-order valence-corrected chi connectivity index (χ2v) is 8.06. The lowest BCUT2D eigenvalue weighted by atomic mass is 9.86. The second kappa shape index (κ2) is 9.87. The summed E-state index contributed by atoms with van der Waals surface area (Å²) in [5.74, 6) is -1.95. The van der Waals surface area contributed by atoms with Gasteiger partial charge in [0.15, 0.2) is 5.69 Å². The third-order valence-electron chi connectivity index (χ3n) is 4.57. The minimum atomic E-state index is -1.01. The zero-order valence-corrected chi connectivity index (χ0v) is 17.4. The zero-order valence-electron chi connectivity index (χ0n) is 17.4. The van der Waals surface area contributed by atoms with Crippen LogP contribution in [-0.2, 0) is 16.1 Å². The van der Waals surface area contributed by atoms with E-state index in [4.69, 9.17) is 10.4 Å². The van der Waals surface area contributed by atoms with E-state index >= 15 is 0 Å². The molecule has 0 radical (unpaired) electrons. The van der Waals surface area contributed by atoms with Gasteiger partial charge < -0.3 is 15.7 Å². The Morgan fingerprint density at radius 1 is 1.27 bits per heavy atom. The molecule has 0 saturated heterocycles. The van der Waals surface area contributed by atoms with Crippen LogP contribution in [0.1, 0.15) is 50.5 Å². The molecule has 0 fully saturated rings. The summed E-state index contributed by atoms with van der Waals surface area (Å²) in [4.78, 5) is 36.3. The number of benzene rings is 1. The number of nitrogens with zero attached hydrogens (tertiary/aromatic N) is 3. The molecule has 0 aliphatic heterocycles. The average Bonchev–Trinajstić information content (AvgIpc) is 3.04. The van der Waals surface area contributed by atoms with Gasteiger partial charge in [-0.25, -0.2) is 0 Å². The molecule has 0 spiro atoms. The van der Waals surface area contributed by atoms with Gasteiger partial charge in [-0.05, 0) is 17.9 Å². The normalized spacial score (nSPS) is 12.2. The molecule has 3 N–H and O–H groups in total. The van der Waals surface area contributed by atoms with Gasteiger partial charge in [0.05, 0.1) is 18.0 Å². The fourth-order valence-electron chi connectivity index (χ4n) is 3.04. The molecule has 2 rings (SSSR count). The highest BCUT2D eigenvalue weighted by Gasteiger charge is 2.34. The number of fused-ring (bicyclic) bond motifs is 1. The molecule has 2 aromatic rings. The second-order valence-electron chi connectivity index (χ2n) is 8.06. The number of carbonyl (C=O) groups excluding carboxylic acids is 2. The summed E-state index contributed by atoms with van der Waals surface area (Å²) in [7, 11) is 0. The van der Waals surface area contributed by atoms with Gasteiger partial charge in [0.2, 0.25) is 5.91 Å². The van der Waals surface area contributed by atoms with Crippen LogP contribution in [0, 0.1) is 16.7 Å². The highest BCUT2D eigenvalue weighted by molar-refractivity contribution is 6.06. The number of amides is 2. The van der Waals surface area contributed by atoms with Gasteiger partial charge in [-0.1, -0.05) is 39.0 Å². The molecule has 9 heteroatoms. The lowest BCUT2D eigenvalue weighted by Gasteiger charge is -2.30. The van der Waals surface area contributed by atoms with Crippen molar-refractivity contribution in [2.75, 3.05) is 6.54 Å². The van der Waals surface area contributed by atoms with Crippen molar-refractivity contribution in [2.24, 2.45) is 5.41 Å². The first kappa shape index (κ1) is 22.9. The lowest BCUT2D eigenvalue weighted by Crippen LogP contribution is -2.53. The Bertz CT molecular complexity index is 968. The number of aliphatic carboxylic acids is 1. The molecule has 0 aliphatic carbocycles. The van der Waals surface area contributed by atoms with E-state index in [9.17, 15) is 14.4 Å². The number of nitriles is 1. The monoisotopic (exact) mass is 413 g/mol. The van der Waals surface area contributed by atoms with E-state index in [2.05, 4.69) is 21.8 Å². The Kier molecular flexibility index (Phi) is 7.53. The Morgan fingerprint density at radius 2 is 1.97 bits per heavy atom. The maximum Gasteiger partial charge on any atom is 0.305 e. The van der Waals surface area contributed by atoms with Crippen LogP contribution in [0.4, 0.5) is 0 Å². The van der Waals surface area contributed by atoms with Crippen LogP contribution in [0.2, 0.25) is 0 Å². The SMILES string of the molecule is CC(C)(C)C(NC(=O)c1nn(CCCC#N)c2ccccc12)C(=O)NCCC(=O)O. The fourth-order valence-corrected chi connectivity index (χ4v) is 3.04. The van der Waals surface area contributed by atoms with Crippen LogP contribution >= 0.6 is 0 Å². The summed E-state index contributed by atoms with van der Waals surface area (Å²) in [5.41, 5.74) is 0.377. The van der Waals surface area contributed by atoms with E-state index in [1.165, 1.54) is 0 Å². The van der Waals surface area contributed by atoms with Crippen molar-refractivity contribution in [1.29, 1.82) is 5.26 Å². The number of hydrogen-bond donors (Lipinski definition) is 3. The van der Waals surface area contributed by atoms with Crippen LogP contribution in [0.15, 0.2) is 24.3 Å². The maximum atomic E-state index is 13.0. The van der Waals surface area contributed by atoms with Crippen LogP contribution in [0.3, 0.4) is 0 Å². The predicted octanol–water partition coefficient (Wildman–Crippen LogP) is 2.08. The maximum absolute atomic E-state index is 13.0. The standard InChI is InChI=1S/C21H27N5O4/c1-21(2,3)18(20(30)23-12-10-16(27)28)24-19(29)17-14-8-4-5-9-15(14)26(25-17)13-7-6-11-22/h4-5,8-9,18H,6-7,10,12-13H2,1-3H3,(H,23,30)(H,24,29)(H,27,28). The van der Waals surface area contributed by atoms with E-state index < -0.39 is 29.2 Å². The lowest BCUT2D eigenvalue weighted by molar-refractivity contribution is -0.137. The van der Waals surface area contributed by atoms with E-state index in [1.807, 2.05) is 32.9 Å². The molecule has 0 bridgehead atoms. The van der Waals surface area contributed by atoms with Crippen LogP contribution < -0.4 is 10.6 Å². The van der Waals surface area contributed by atoms with Crippen LogP contribution in [0.25, 0.3) is 10.9 Å². The molecule has 1 aromatic carbocycles. The smallest absolute Gasteiger partial charge is 0.305 e. The Balaban J connectivity index is 2.25. The first-order valence-electron chi connectivity index (χ1n) is 9.78. The third-order valence-corrected chi connectivity index (χ3v) is 4.57. The first-order chi connectivity index (χ1) is 14.1. The molecule has 1 atom stereocenters. The molecule has 9 nitrogen and oxygen atoms in total. The average molecular weight is 413 g/mol. The number of aromatic nitrogens is 2. The fraction of sp³-hybridized carbons (Fsp3) is 0.476. The molecule has 0 saturated carbocycles. The molecule has 1 heterocycles. The number of unbranched alkanes of at least 4 members (excludes halogenated alkanes) is 1. The van der Waals surface area contributed by atoms with Crippen molar-refractivity contribution in [1.82, 2.24) is 20.4 Å². The van der Waals surface area contributed by atoms with Gasteiger partial charge in [0.1, 0.15) is 6.04 Å². The molecule has 1 unspecified atom stereocenters. The molecule has 30 heavy (non-hydrogen) atoms. The first-order valence-corrected chi connectivity index (χ1v) is 9.78. The summed E-state index contributed by atoms with van der Waals surface area (Å²) < 4.78 is 1.70. The van der Waals surface area contributed by atoms with E-state index in [0.29, 0.717) is 24.8 Å². The van der Waals surface area contributed by atoms with Gasteiger partial charge in [0.25, 0.3) is 5.91 Å². The topological polar surface area (TPSA) is 137 Å². The molecular formula is C21H27N5O4. The number of rotatable bonds is 9. The molecule has 160 valence electrons. The van der Waals surface area contributed by atoms with Gasteiger partial charge in [-0.3, -0.25) is 19.1 Å². The zero-order chi connectivity index (χ0) is 22.3. The quantitative estimate of drug-likeness (QED) is 0.538. The summed E-state index contributed by atoms with van der Waals surface area (Å²) in [6.45, 7) is 5.92. The van der Waals surface area contributed by atoms with Gasteiger partial charge >= 0.3 is 5.97 Å². The Morgan fingerprint density at radius 3 is 2.60 bits per heavy atom. The van der Waals surface area contributed by atoms with Crippen molar-refractivity contribution in [3.05, 3.63) is 30.0 Å². The van der Waals surface area contributed by atoms with Gasteiger partial charge in [-0.2, -0.15) is 10.4 Å². The summed E-state index contributed by atoms with van der Waals surface area (Å²) in [5, 5.41) is 27.9. The minimum absolute atomic E-state index is 0.0208. The van der Waals surface area contributed by atoms with Gasteiger partial charge in [-0.15, -0.1) is 0 Å². The van der Waals surface area contributed by atoms with Crippen molar-refractivity contribution < 1.29 is 19.5 Å². The number of carbonyl (C=O) groups is 3. The number of aryl methyl sites for hydroxylation is 1. The van der Waals surface area contributed by atoms with E-state index in [1.54, 1.807) is 16.8 Å². The Labute approximate surface area is 175 Å². The largest absolute Gasteiger partial charge is 0.481 e. The highest BCUT2D eigenvalue weighted by Crippen LogP contribution is 2.22. The number of para-hydroxylation sites is 1. The highest BCUT2D eigenvalue weighted by atomic mass is 16.4. The summed E-state index contributed by atoms with van der Waals surface area (Å²) in [6.07, 6.45) is 0.798. The molecular weight excluding hydrogens is 386 g/mol. The molecule has 0 aliphatic rings. The number of carboxylic acid groups (broad SMARTS) is 1. The predicted molar refractivity (Wildman–Crippen MR) is 111 cm³/mol. The summed E-state index contributed by atoms with van der Waals surface area (Å²) >= 11 is 0. The summed E-state index contributed by atoms with van der Waals surface area (Å²) in [6, 6.07) is 8.51. The van der Waals surface area contributed by atoms with Crippen molar-refractivity contribution in [3.8, 4) is 6.07 Å². The van der Waals surface area contributed by atoms with Crippen LogP contribution in [-0.4, -0.2) is 45.3 Å². The van der Waals surface area contributed by atoms with Gasteiger partial charge in [0, 0.05) is 24.9 Å². The molecule has 1 aromatic heterocycles. The number of carboxylic acids is 1. The number of hydrogen-bond acceptors (Lipinski definition) is 5. The van der Waals surface area contributed by atoms with Crippen molar-refractivity contribution in [2.45, 2.75) is 52.6 Å². The minimum Gasteiger partial charge on any atom is -0.481 e. The van der Waals surface area contributed by atoms with E-state index in [0.717, 1.165) is 5.52 Å². The van der Waals surface area contributed by atoms with Crippen LogP contribution in [0.5, 0.6) is 0 Å². The van der Waals surface area contributed by atoms with E-state index in [-0.39, 0.29) is 18.7 Å². The Hall–Kier alpha value is -3.41. The van der Waals surface area contributed by atoms with Crippen molar-refractivity contribution in [3.63, 3.8) is 0 Å². The number of nitrogens with one attached hydrogen (secondary N) is 2. The molecule has 2 amide bonds.